The van der Waals surface area contributed by atoms with E-state index in [2.05, 4.69) is 37.9 Å². The molecule has 0 aromatic rings. The molecule has 19 heavy (non-hydrogen) atoms. The lowest BCUT2D eigenvalue weighted by molar-refractivity contribution is 0.180. The molecule has 0 heterocycles. The van der Waals surface area contributed by atoms with Gasteiger partial charge in [0, 0.05) is 24.7 Å². The number of hydrogen-bond acceptors (Lipinski definition) is 2. The van der Waals surface area contributed by atoms with Crippen molar-refractivity contribution < 1.29 is 0 Å². The van der Waals surface area contributed by atoms with E-state index in [1.54, 1.807) is 0 Å². The molecule has 2 aliphatic carbocycles. The van der Waals surface area contributed by atoms with Gasteiger partial charge in [0.05, 0.1) is 0 Å². The Morgan fingerprint density at radius 2 is 1.58 bits per heavy atom. The van der Waals surface area contributed by atoms with Crippen LogP contribution in [0.5, 0.6) is 0 Å². The number of hydrogen-bond donors (Lipinski definition) is 1. The smallest absolute Gasteiger partial charge is 0.00965 e. The van der Waals surface area contributed by atoms with Gasteiger partial charge in [-0.2, -0.15) is 0 Å². The fourth-order valence-corrected chi connectivity index (χ4v) is 2.74. The molecule has 0 aromatic heterocycles. The van der Waals surface area contributed by atoms with Crippen molar-refractivity contribution in [3.8, 4) is 0 Å². The Balaban J connectivity index is 1.63. The average molecular weight is 266 g/mol. The molecule has 112 valence electrons. The Labute approximate surface area is 120 Å². The molecular weight excluding hydrogens is 232 g/mol. The van der Waals surface area contributed by atoms with E-state index in [0.29, 0.717) is 0 Å². The van der Waals surface area contributed by atoms with Gasteiger partial charge in [0.1, 0.15) is 0 Å². The second-order valence-electron chi connectivity index (χ2n) is 8.01. The van der Waals surface area contributed by atoms with Crippen LogP contribution in [-0.2, 0) is 0 Å². The maximum absolute atomic E-state index is 3.60. The summed E-state index contributed by atoms with van der Waals surface area (Å²) < 4.78 is 0. The molecule has 1 unspecified atom stereocenters. The predicted octanol–water partition coefficient (Wildman–Crippen LogP) is 3.67. The van der Waals surface area contributed by atoms with Crippen LogP contribution < -0.4 is 5.32 Å². The molecule has 2 aliphatic rings. The highest BCUT2D eigenvalue weighted by Crippen LogP contribution is 2.34. The zero-order valence-corrected chi connectivity index (χ0v) is 13.5. The third-order valence-electron chi connectivity index (χ3n) is 4.46. The third-order valence-corrected chi connectivity index (χ3v) is 4.46. The van der Waals surface area contributed by atoms with Crippen LogP contribution in [0.15, 0.2) is 0 Å². The fourth-order valence-electron chi connectivity index (χ4n) is 2.74. The van der Waals surface area contributed by atoms with E-state index >= 15 is 0 Å². The zero-order chi connectivity index (χ0) is 13.9. The maximum atomic E-state index is 3.60. The van der Waals surface area contributed by atoms with Gasteiger partial charge in [0.2, 0.25) is 0 Å². The molecule has 2 saturated carbocycles. The Morgan fingerprint density at radius 1 is 1.05 bits per heavy atom. The number of nitrogens with one attached hydrogen (secondary N) is 1. The van der Waals surface area contributed by atoms with Crippen LogP contribution in [-0.4, -0.2) is 36.1 Å². The Kier molecular flexibility index (Phi) is 5.30. The molecule has 0 aliphatic heterocycles. The lowest BCUT2D eigenvalue weighted by Crippen LogP contribution is -2.39. The van der Waals surface area contributed by atoms with Gasteiger partial charge in [-0.05, 0) is 84.6 Å². The molecule has 2 heteroatoms. The van der Waals surface area contributed by atoms with Crippen LogP contribution in [0.4, 0.5) is 0 Å². The van der Waals surface area contributed by atoms with Gasteiger partial charge in [-0.25, -0.2) is 0 Å². The van der Waals surface area contributed by atoms with Crippen molar-refractivity contribution in [3.63, 3.8) is 0 Å². The van der Waals surface area contributed by atoms with Crippen LogP contribution in [0.3, 0.4) is 0 Å². The van der Waals surface area contributed by atoms with E-state index in [-0.39, 0.29) is 5.54 Å². The third kappa shape index (κ3) is 6.76. The first kappa shape index (κ1) is 15.3. The van der Waals surface area contributed by atoms with Gasteiger partial charge in [0.25, 0.3) is 0 Å². The summed E-state index contributed by atoms with van der Waals surface area (Å²) in [6, 6.07) is 0.781. The van der Waals surface area contributed by atoms with E-state index in [0.717, 1.165) is 24.4 Å². The lowest BCUT2D eigenvalue weighted by atomic mass is 10.1. The first-order valence-electron chi connectivity index (χ1n) is 8.43. The van der Waals surface area contributed by atoms with E-state index in [4.69, 9.17) is 0 Å². The van der Waals surface area contributed by atoms with Crippen molar-refractivity contribution in [1.82, 2.24) is 10.2 Å². The second kappa shape index (κ2) is 6.58. The molecule has 0 amide bonds. The summed E-state index contributed by atoms with van der Waals surface area (Å²) >= 11 is 0. The quantitative estimate of drug-likeness (QED) is 0.641. The average Bonchev–Trinajstić information content (AvgIpc) is 3.16. The summed E-state index contributed by atoms with van der Waals surface area (Å²) in [5.41, 5.74) is 0.269. The fraction of sp³-hybridized carbons (Fsp3) is 1.00. The molecule has 0 spiro atoms. The zero-order valence-electron chi connectivity index (χ0n) is 13.5. The van der Waals surface area contributed by atoms with E-state index in [9.17, 15) is 0 Å². The minimum absolute atomic E-state index is 0.269. The topological polar surface area (TPSA) is 15.3 Å². The maximum Gasteiger partial charge on any atom is 0.00965 e. The van der Waals surface area contributed by atoms with Crippen molar-refractivity contribution in [2.75, 3.05) is 19.6 Å². The standard InChI is InChI=1S/C17H34N2/c1-14(6-5-11-18-17(2,3)4)19(12-15-7-8-15)13-16-9-10-16/h14-16,18H,5-13H2,1-4H3. The van der Waals surface area contributed by atoms with E-state index < -0.39 is 0 Å². The normalized spacial score (nSPS) is 21.9. The summed E-state index contributed by atoms with van der Waals surface area (Å²) in [5, 5.41) is 3.60. The van der Waals surface area contributed by atoms with E-state index in [1.807, 2.05) is 0 Å². The Hall–Kier alpha value is -0.0800. The molecule has 0 saturated heterocycles. The monoisotopic (exact) mass is 266 g/mol. The van der Waals surface area contributed by atoms with Crippen molar-refractivity contribution >= 4 is 0 Å². The van der Waals surface area contributed by atoms with Crippen LogP contribution in [0, 0.1) is 11.8 Å². The molecule has 0 aromatic carbocycles. The van der Waals surface area contributed by atoms with Gasteiger partial charge >= 0.3 is 0 Å². The predicted molar refractivity (Wildman–Crippen MR) is 83.5 cm³/mol. The van der Waals surface area contributed by atoms with Crippen LogP contribution in [0.25, 0.3) is 0 Å². The van der Waals surface area contributed by atoms with Crippen LogP contribution in [0.2, 0.25) is 0 Å². The van der Waals surface area contributed by atoms with Crippen molar-refractivity contribution in [3.05, 3.63) is 0 Å². The first-order valence-corrected chi connectivity index (χ1v) is 8.43. The molecule has 2 rings (SSSR count). The Bertz CT molecular complexity index is 247. The molecule has 1 N–H and O–H groups in total. The first-order chi connectivity index (χ1) is 8.94. The van der Waals surface area contributed by atoms with Gasteiger partial charge < -0.3 is 10.2 Å². The highest BCUT2D eigenvalue weighted by Gasteiger charge is 2.30. The highest BCUT2D eigenvalue weighted by atomic mass is 15.2. The molecule has 0 radical (unpaired) electrons. The van der Waals surface area contributed by atoms with Crippen LogP contribution in [0.1, 0.15) is 66.2 Å². The molecule has 2 fully saturated rings. The minimum Gasteiger partial charge on any atom is -0.312 e. The molecule has 2 nitrogen and oxygen atoms in total. The Morgan fingerprint density at radius 3 is 2.00 bits per heavy atom. The highest BCUT2D eigenvalue weighted by molar-refractivity contribution is 4.84. The summed E-state index contributed by atoms with van der Waals surface area (Å²) in [6.07, 6.45) is 8.60. The summed E-state index contributed by atoms with van der Waals surface area (Å²) in [5.74, 6) is 2.07. The van der Waals surface area contributed by atoms with Crippen LogP contribution >= 0.6 is 0 Å². The summed E-state index contributed by atoms with van der Waals surface area (Å²) in [6.45, 7) is 13.1. The van der Waals surface area contributed by atoms with Crippen molar-refractivity contribution in [2.24, 2.45) is 11.8 Å². The summed E-state index contributed by atoms with van der Waals surface area (Å²) in [4.78, 5) is 2.80. The van der Waals surface area contributed by atoms with Gasteiger partial charge in [-0.3, -0.25) is 0 Å². The van der Waals surface area contributed by atoms with Crippen molar-refractivity contribution in [2.45, 2.75) is 77.8 Å². The molecule has 0 bridgehead atoms. The van der Waals surface area contributed by atoms with Gasteiger partial charge in [-0.15, -0.1) is 0 Å². The van der Waals surface area contributed by atoms with Gasteiger partial charge in [0.15, 0.2) is 0 Å². The molecular formula is C17H34N2. The molecule has 1 atom stereocenters. The number of nitrogens with zero attached hydrogens (tertiary/aromatic N) is 1. The summed E-state index contributed by atoms with van der Waals surface area (Å²) in [7, 11) is 0. The van der Waals surface area contributed by atoms with E-state index in [1.165, 1.54) is 51.6 Å². The SMILES string of the molecule is CC(CCCNC(C)(C)C)N(CC1CC1)CC1CC1. The van der Waals surface area contributed by atoms with Gasteiger partial charge in [-0.1, -0.05) is 0 Å². The lowest BCUT2D eigenvalue weighted by Gasteiger charge is -2.30. The number of rotatable bonds is 9. The largest absolute Gasteiger partial charge is 0.312 e. The van der Waals surface area contributed by atoms with Crippen molar-refractivity contribution in [1.29, 1.82) is 0 Å². The second-order valence-corrected chi connectivity index (χ2v) is 8.01. The minimum atomic E-state index is 0.269.